The summed E-state index contributed by atoms with van der Waals surface area (Å²) in [4.78, 5) is 27.0. The summed E-state index contributed by atoms with van der Waals surface area (Å²) in [5.74, 6) is 0.170. The van der Waals surface area contributed by atoms with Crippen molar-refractivity contribution < 1.29 is 14.5 Å². The Morgan fingerprint density at radius 1 is 1.21 bits per heavy atom. The van der Waals surface area contributed by atoms with Crippen molar-refractivity contribution in [1.29, 1.82) is 0 Å². The fourth-order valence-corrected chi connectivity index (χ4v) is 2.87. The van der Waals surface area contributed by atoms with E-state index in [1.54, 1.807) is 32.2 Å². The van der Waals surface area contributed by atoms with Crippen molar-refractivity contribution in [3.63, 3.8) is 0 Å². The Balaban J connectivity index is 1.55. The molecule has 150 valence electrons. The molecule has 3 aromatic rings. The third-order valence-electron chi connectivity index (χ3n) is 4.34. The highest BCUT2D eigenvalue weighted by Crippen LogP contribution is 2.21. The number of nitrogens with one attached hydrogen (secondary N) is 1. The Morgan fingerprint density at radius 2 is 1.97 bits per heavy atom. The number of benzene rings is 1. The third kappa shape index (κ3) is 5.16. The summed E-state index contributed by atoms with van der Waals surface area (Å²) < 4.78 is 7.02. The number of rotatable bonds is 8. The second kappa shape index (κ2) is 8.96. The standard InChI is InChI=1S/C20H21N5O4/c1-14-20(25(27)28)15(2)24(23-14)12-18(26)22-11-17-8-9-21-19(10-17)29-13-16-6-4-3-5-7-16/h3-10H,11-13H2,1-2H3,(H,22,26). The molecular formula is C20H21N5O4. The van der Waals surface area contributed by atoms with Crippen LogP contribution in [0.3, 0.4) is 0 Å². The van der Waals surface area contributed by atoms with Crippen molar-refractivity contribution in [2.75, 3.05) is 0 Å². The van der Waals surface area contributed by atoms with Gasteiger partial charge in [-0.25, -0.2) is 4.98 Å². The molecule has 29 heavy (non-hydrogen) atoms. The van der Waals surface area contributed by atoms with E-state index in [0.717, 1.165) is 11.1 Å². The van der Waals surface area contributed by atoms with Crippen LogP contribution in [0.15, 0.2) is 48.7 Å². The van der Waals surface area contributed by atoms with E-state index in [1.807, 2.05) is 30.3 Å². The lowest BCUT2D eigenvalue weighted by Gasteiger charge is -2.09. The third-order valence-corrected chi connectivity index (χ3v) is 4.34. The number of hydrogen-bond donors (Lipinski definition) is 1. The van der Waals surface area contributed by atoms with Gasteiger partial charge in [0.25, 0.3) is 0 Å². The van der Waals surface area contributed by atoms with Crippen LogP contribution in [0, 0.1) is 24.0 Å². The van der Waals surface area contributed by atoms with Crippen molar-refractivity contribution in [1.82, 2.24) is 20.1 Å². The number of carbonyl (C=O) groups excluding carboxylic acids is 1. The summed E-state index contributed by atoms with van der Waals surface area (Å²) in [6.45, 7) is 3.71. The van der Waals surface area contributed by atoms with E-state index in [2.05, 4.69) is 15.4 Å². The molecule has 0 saturated heterocycles. The van der Waals surface area contributed by atoms with Crippen LogP contribution in [0.25, 0.3) is 0 Å². The van der Waals surface area contributed by atoms with Gasteiger partial charge in [-0.15, -0.1) is 0 Å². The number of nitrogens with zero attached hydrogens (tertiary/aromatic N) is 4. The topological polar surface area (TPSA) is 112 Å². The highest BCUT2D eigenvalue weighted by Gasteiger charge is 2.22. The number of aromatic nitrogens is 3. The van der Waals surface area contributed by atoms with Gasteiger partial charge in [0.1, 0.15) is 24.5 Å². The van der Waals surface area contributed by atoms with Gasteiger partial charge in [0.15, 0.2) is 0 Å². The largest absolute Gasteiger partial charge is 0.473 e. The van der Waals surface area contributed by atoms with Crippen LogP contribution in [0.2, 0.25) is 0 Å². The van der Waals surface area contributed by atoms with E-state index in [9.17, 15) is 14.9 Å². The van der Waals surface area contributed by atoms with Crippen molar-refractivity contribution in [3.05, 3.63) is 81.3 Å². The number of pyridine rings is 1. The molecule has 1 aromatic carbocycles. The molecule has 3 rings (SSSR count). The highest BCUT2D eigenvalue weighted by atomic mass is 16.6. The van der Waals surface area contributed by atoms with Gasteiger partial charge in [-0.1, -0.05) is 30.3 Å². The molecule has 0 bridgehead atoms. The zero-order valence-electron chi connectivity index (χ0n) is 16.2. The molecule has 0 atom stereocenters. The zero-order chi connectivity index (χ0) is 20.8. The molecule has 9 nitrogen and oxygen atoms in total. The monoisotopic (exact) mass is 395 g/mol. The fraction of sp³-hybridized carbons (Fsp3) is 0.250. The van der Waals surface area contributed by atoms with E-state index in [-0.39, 0.29) is 30.4 Å². The molecular weight excluding hydrogens is 374 g/mol. The number of nitro groups is 1. The first-order chi connectivity index (χ1) is 13.9. The molecule has 0 aliphatic rings. The van der Waals surface area contributed by atoms with E-state index in [1.165, 1.54) is 4.68 Å². The minimum absolute atomic E-state index is 0.0628. The molecule has 9 heteroatoms. The summed E-state index contributed by atoms with van der Waals surface area (Å²) in [5, 5.41) is 17.9. The Morgan fingerprint density at radius 3 is 2.66 bits per heavy atom. The van der Waals surface area contributed by atoms with Gasteiger partial charge in [-0.3, -0.25) is 19.6 Å². The van der Waals surface area contributed by atoms with Crippen molar-refractivity contribution in [2.24, 2.45) is 0 Å². The molecule has 0 spiro atoms. The molecule has 0 aliphatic carbocycles. The smallest absolute Gasteiger partial charge is 0.312 e. The average molecular weight is 395 g/mol. The van der Waals surface area contributed by atoms with Crippen molar-refractivity contribution in [2.45, 2.75) is 33.5 Å². The maximum atomic E-state index is 12.2. The first-order valence-corrected chi connectivity index (χ1v) is 9.01. The lowest BCUT2D eigenvalue weighted by Crippen LogP contribution is -2.28. The van der Waals surface area contributed by atoms with Crippen LogP contribution in [0.1, 0.15) is 22.5 Å². The number of ether oxygens (including phenoxy) is 1. The van der Waals surface area contributed by atoms with E-state index >= 15 is 0 Å². The molecule has 0 saturated carbocycles. The number of aryl methyl sites for hydroxylation is 1. The van der Waals surface area contributed by atoms with Gasteiger partial charge in [0, 0.05) is 18.8 Å². The minimum atomic E-state index is -0.486. The normalized spacial score (nSPS) is 10.6. The number of carbonyl (C=O) groups is 1. The SMILES string of the molecule is Cc1nn(CC(=O)NCc2ccnc(OCc3ccccc3)c2)c(C)c1[N+](=O)[O-]. The summed E-state index contributed by atoms with van der Waals surface area (Å²) in [6, 6.07) is 13.3. The van der Waals surface area contributed by atoms with Crippen molar-refractivity contribution in [3.8, 4) is 5.88 Å². The summed E-state index contributed by atoms with van der Waals surface area (Å²) in [6.07, 6.45) is 1.62. The second-order valence-electron chi connectivity index (χ2n) is 6.49. The highest BCUT2D eigenvalue weighted by molar-refractivity contribution is 5.75. The van der Waals surface area contributed by atoms with Gasteiger partial charge < -0.3 is 10.1 Å². The lowest BCUT2D eigenvalue weighted by atomic mass is 10.2. The van der Waals surface area contributed by atoms with Crippen LogP contribution in [-0.2, 0) is 24.5 Å². The van der Waals surface area contributed by atoms with Gasteiger partial charge in [-0.2, -0.15) is 5.10 Å². The number of amides is 1. The molecule has 0 radical (unpaired) electrons. The molecule has 1 N–H and O–H groups in total. The van der Waals surface area contributed by atoms with Gasteiger partial charge in [0.05, 0.1) is 4.92 Å². The predicted octanol–water partition coefficient (Wildman–Crippen LogP) is 2.70. The first kappa shape index (κ1) is 20.0. The van der Waals surface area contributed by atoms with Crippen LogP contribution in [0.4, 0.5) is 5.69 Å². The molecule has 0 fully saturated rings. The average Bonchev–Trinajstić information content (AvgIpc) is 2.99. The Hall–Kier alpha value is -3.75. The molecule has 1 amide bonds. The Kier molecular flexibility index (Phi) is 6.18. The quantitative estimate of drug-likeness (QED) is 0.464. The van der Waals surface area contributed by atoms with Gasteiger partial charge in [0.2, 0.25) is 11.8 Å². The maximum absolute atomic E-state index is 12.2. The van der Waals surface area contributed by atoms with E-state index < -0.39 is 4.92 Å². The minimum Gasteiger partial charge on any atom is -0.473 e. The summed E-state index contributed by atoms with van der Waals surface area (Å²) >= 11 is 0. The molecule has 0 unspecified atom stereocenters. The Labute approximate surface area is 167 Å². The Bertz CT molecular complexity index is 1020. The fourth-order valence-electron chi connectivity index (χ4n) is 2.87. The molecule has 0 aliphatic heterocycles. The summed E-state index contributed by atoms with van der Waals surface area (Å²) in [5.41, 5.74) is 2.44. The van der Waals surface area contributed by atoms with E-state index in [0.29, 0.717) is 18.2 Å². The second-order valence-corrected chi connectivity index (χ2v) is 6.49. The maximum Gasteiger partial charge on any atom is 0.312 e. The van der Waals surface area contributed by atoms with E-state index in [4.69, 9.17) is 4.74 Å². The predicted molar refractivity (Wildman–Crippen MR) is 105 cm³/mol. The van der Waals surface area contributed by atoms with Gasteiger partial charge in [-0.05, 0) is 31.0 Å². The lowest BCUT2D eigenvalue weighted by molar-refractivity contribution is -0.386. The number of hydrogen-bond acceptors (Lipinski definition) is 6. The van der Waals surface area contributed by atoms with Crippen molar-refractivity contribution >= 4 is 11.6 Å². The van der Waals surface area contributed by atoms with Crippen LogP contribution in [0.5, 0.6) is 5.88 Å². The van der Waals surface area contributed by atoms with Crippen LogP contribution >= 0.6 is 0 Å². The summed E-state index contributed by atoms with van der Waals surface area (Å²) in [7, 11) is 0. The molecule has 2 heterocycles. The van der Waals surface area contributed by atoms with Crippen LogP contribution in [-0.4, -0.2) is 25.6 Å². The first-order valence-electron chi connectivity index (χ1n) is 9.01. The van der Waals surface area contributed by atoms with Gasteiger partial charge >= 0.3 is 5.69 Å². The zero-order valence-corrected chi connectivity index (χ0v) is 16.2. The molecule has 2 aromatic heterocycles. The van der Waals surface area contributed by atoms with Crippen LogP contribution < -0.4 is 10.1 Å².